The van der Waals surface area contributed by atoms with E-state index in [2.05, 4.69) is 13.8 Å². The second-order valence-electron chi connectivity index (χ2n) is 4.27. The highest BCUT2D eigenvalue weighted by atomic mass is 16.1. The number of hydrogen-bond donors (Lipinski definition) is 1. The smallest absolute Gasteiger partial charge is 0.152 e. The molecule has 1 unspecified atom stereocenters. The maximum Gasteiger partial charge on any atom is 0.152 e. The van der Waals surface area contributed by atoms with Crippen LogP contribution in [-0.2, 0) is 4.79 Å². The fourth-order valence-corrected chi connectivity index (χ4v) is 1.62. The fraction of sp³-hybridized carbons (Fsp3) is 0.900. The number of carbonyl (C=O) groups is 1. The van der Waals surface area contributed by atoms with E-state index in [4.69, 9.17) is 5.73 Å². The highest BCUT2D eigenvalue weighted by Gasteiger charge is 2.29. The van der Waals surface area contributed by atoms with E-state index < -0.39 is 0 Å². The molecule has 0 aromatic heterocycles. The van der Waals surface area contributed by atoms with Crippen molar-refractivity contribution in [3.05, 3.63) is 0 Å². The standard InChI is InChI=1S/C10H19NO/c1-7(2)6-9(11)10(12)8-4-3-5-8/h7-9H,3-6,11H2,1-2H3. The van der Waals surface area contributed by atoms with Gasteiger partial charge in [-0.2, -0.15) is 0 Å². The van der Waals surface area contributed by atoms with E-state index in [0.717, 1.165) is 19.3 Å². The first-order chi connectivity index (χ1) is 5.61. The monoisotopic (exact) mass is 169 g/mol. The Kier molecular flexibility index (Phi) is 3.27. The van der Waals surface area contributed by atoms with Gasteiger partial charge >= 0.3 is 0 Å². The molecule has 0 spiro atoms. The van der Waals surface area contributed by atoms with Crippen LogP contribution in [0.2, 0.25) is 0 Å². The van der Waals surface area contributed by atoms with E-state index in [1.807, 2.05) is 0 Å². The van der Waals surface area contributed by atoms with Crippen molar-refractivity contribution in [1.82, 2.24) is 0 Å². The Hall–Kier alpha value is -0.370. The number of ketones is 1. The summed E-state index contributed by atoms with van der Waals surface area (Å²) < 4.78 is 0. The van der Waals surface area contributed by atoms with Gasteiger partial charge in [0.15, 0.2) is 5.78 Å². The number of Topliss-reactive ketones (excluding diaryl/α,β-unsaturated/α-hetero) is 1. The van der Waals surface area contributed by atoms with E-state index >= 15 is 0 Å². The van der Waals surface area contributed by atoms with E-state index in [1.54, 1.807) is 0 Å². The molecule has 1 atom stereocenters. The van der Waals surface area contributed by atoms with Crippen molar-refractivity contribution in [1.29, 1.82) is 0 Å². The van der Waals surface area contributed by atoms with Crippen LogP contribution in [0.5, 0.6) is 0 Å². The summed E-state index contributed by atoms with van der Waals surface area (Å²) in [6, 6.07) is -0.199. The second-order valence-corrected chi connectivity index (χ2v) is 4.27. The van der Waals surface area contributed by atoms with Gasteiger partial charge in [0.1, 0.15) is 0 Å². The first-order valence-corrected chi connectivity index (χ1v) is 4.90. The molecule has 0 saturated heterocycles. The lowest BCUT2D eigenvalue weighted by Gasteiger charge is -2.27. The van der Waals surface area contributed by atoms with Crippen molar-refractivity contribution >= 4 is 5.78 Å². The maximum atomic E-state index is 11.5. The third-order valence-electron chi connectivity index (χ3n) is 2.60. The Balaban J connectivity index is 2.30. The van der Waals surface area contributed by atoms with Crippen molar-refractivity contribution in [2.24, 2.45) is 17.6 Å². The van der Waals surface area contributed by atoms with Crippen LogP contribution >= 0.6 is 0 Å². The van der Waals surface area contributed by atoms with Crippen molar-refractivity contribution in [2.45, 2.75) is 45.6 Å². The lowest BCUT2D eigenvalue weighted by Crippen LogP contribution is -2.39. The van der Waals surface area contributed by atoms with Gasteiger partial charge in [0, 0.05) is 5.92 Å². The van der Waals surface area contributed by atoms with E-state index in [9.17, 15) is 4.79 Å². The van der Waals surface area contributed by atoms with Gasteiger partial charge in [-0.1, -0.05) is 20.3 Å². The van der Waals surface area contributed by atoms with Crippen LogP contribution < -0.4 is 5.73 Å². The lowest BCUT2D eigenvalue weighted by atomic mass is 9.79. The summed E-state index contributed by atoms with van der Waals surface area (Å²) in [5, 5.41) is 0. The van der Waals surface area contributed by atoms with Gasteiger partial charge in [-0.15, -0.1) is 0 Å². The zero-order valence-corrected chi connectivity index (χ0v) is 8.05. The average Bonchev–Trinajstić information content (AvgIpc) is 1.81. The number of hydrogen-bond acceptors (Lipinski definition) is 2. The van der Waals surface area contributed by atoms with E-state index in [0.29, 0.717) is 17.6 Å². The Morgan fingerprint density at radius 2 is 2.08 bits per heavy atom. The number of rotatable bonds is 4. The van der Waals surface area contributed by atoms with Crippen LogP contribution in [0.4, 0.5) is 0 Å². The lowest BCUT2D eigenvalue weighted by molar-refractivity contribution is -0.126. The predicted octanol–water partition coefficient (Wildman–Crippen LogP) is 1.73. The molecule has 0 radical (unpaired) electrons. The molecule has 0 bridgehead atoms. The van der Waals surface area contributed by atoms with Gasteiger partial charge in [0.05, 0.1) is 6.04 Å². The molecule has 0 aliphatic heterocycles. The molecule has 2 nitrogen and oxygen atoms in total. The summed E-state index contributed by atoms with van der Waals surface area (Å²) in [7, 11) is 0. The summed E-state index contributed by atoms with van der Waals surface area (Å²) in [6.45, 7) is 4.21. The molecule has 70 valence electrons. The molecule has 1 saturated carbocycles. The average molecular weight is 169 g/mol. The van der Waals surface area contributed by atoms with Gasteiger partial charge in [0.25, 0.3) is 0 Å². The molecule has 2 N–H and O–H groups in total. The van der Waals surface area contributed by atoms with E-state index in [-0.39, 0.29) is 6.04 Å². The van der Waals surface area contributed by atoms with Crippen LogP contribution in [0.15, 0.2) is 0 Å². The fourth-order valence-electron chi connectivity index (χ4n) is 1.62. The Labute approximate surface area is 74.5 Å². The molecule has 1 fully saturated rings. The van der Waals surface area contributed by atoms with Crippen molar-refractivity contribution in [2.75, 3.05) is 0 Å². The minimum absolute atomic E-state index is 0.199. The maximum absolute atomic E-state index is 11.5. The van der Waals surface area contributed by atoms with Crippen LogP contribution in [0.1, 0.15) is 39.5 Å². The first-order valence-electron chi connectivity index (χ1n) is 4.90. The summed E-state index contributed by atoms with van der Waals surface area (Å²) in [5.41, 5.74) is 5.78. The molecule has 0 amide bonds. The third kappa shape index (κ3) is 2.31. The summed E-state index contributed by atoms with van der Waals surface area (Å²) in [6.07, 6.45) is 4.20. The molecular weight excluding hydrogens is 150 g/mol. The molecule has 0 aromatic rings. The summed E-state index contributed by atoms with van der Waals surface area (Å²) in [4.78, 5) is 11.5. The van der Waals surface area contributed by atoms with Crippen molar-refractivity contribution in [3.8, 4) is 0 Å². The largest absolute Gasteiger partial charge is 0.321 e. The molecule has 0 aromatic carbocycles. The van der Waals surface area contributed by atoms with Gasteiger partial charge in [-0.25, -0.2) is 0 Å². The van der Waals surface area contributed by atoms with Crippen LogP contribution in [0, 0.1) is 11.8 Å². The molecule has 1 rings (SSSR count). The Bertz CT molecular complexity index is 161. The predicted molar refractivity (Wildman–Crippen MR) is 49.8 cm³/mol. The minimum Gasteiger partial charge on any atom is -0.321 e. The quantitative estimate of drug-likeness (QED) is 0.696. The molecule has 1 aliphatic carbocycles. The molecule has 1 aliphatic rings. The minimum atomic E-state index is -0.199. The van der Waals surface area contributed by atoms with Crippen LogP contribution in [0.3, 0.4) is 0 Å². The highest BCUT2D eigenvalue weighted by Crippen LogP contribution is 2.28. The number of nitrogens with two attached hydrogens (primary N) is 1. The highest BCUT2D eigenvalue weighted by molar-refractivity contribution is 5.86. The third-order valence-corrected chi connectivity index (χ3v) is 2.60. The van der Waals surface area contributed by atoms with Gasteiger partial charge in [0.2, 0.25) is 0 Å². The SMILES string of the molecule is CC(C)CC(N)C(=O)C1CCC1. The molecule has 0 heterocycles. The molecular formula is C10H19NO. The van der Waals surface area contributed by atoms with E-state index in [1.165, 1.54) is 6.42 Å². The van der Waals surface area contributed by atoms with Gasteiger partial charge in [-0.3, -0.25) is 4.79 Å². The Morgan fingerprint density at radius 1 is 1.50 bits per heavy atom. The summed E-state index contributed by atoms with van der Waals surface area (Å²) in [5.74, 6) is 1.14. The van der Waals surface area contributed by atoms with Crippen molar-refractivity contribution < 1.29 is 4.79 Å². The summed E-state index contributed by atoms with van der Waals surface area (Å²) >= 11 is 0. The van der Waals surface area contributed by atoms with Gasteiger partial charge < -0.3 is 5.73 Å². The molecule has 12 heavy (non-hydrogen) atoms. The van der Waals surface area contributed by atoms with Crippen LogP contribution in [0.25, 0.3) is 0 Å². The normalized spacial score (nSPS) is 20.7. The zero-order chi connectivity index (χ0) is 9.14. The molecule has 2 heteroatoms. The topological polar surface area (TPSA) is 43.1 Å². The number of carbonyl (C=O) groups excluding carboxylic acids is 1. The van der Waals surface area contributed by atoms with Crippen molar-refractivity contribution in [3.63, 3.8) is 0 Å². The second kappa shape index (κ2) is 4.04. The zero-order valence-electron chi connectivity index (χ0n) is 8.05. The van der Waals surface area contributed by atoms with Gasteiger partial charge in [-0.05, 0) is 25.2 Å². The first kappa shape index (κ1) is 9.72. The van der Waals surface area contributed by atoms with Crippen LogP contribution in [-0.4, -0.2) is 11.8 Å². The Morgan fingerprint density at radius 3 is 2.42 bits per heavy atom.